The van der Waals surface area contributed by atoms with Crippen molar-refractivity contribution in [2.24, 2.45) is 0 Å². The Morgan fingerprint density at radius 3 is 2.75 bits per heavy atom. The van der Waals surface area contributed by atoms with Gasteiger partial charge in [0.2, 0.25) is 0 Å². The third kappa shape index (κ3) is 0.894. The van der Waals surface area contributed by atoms with E-state index in [0.29, 0.717) is 0 Å². The molecule has 3 heteroatoms. The van der Waals surface area contributed by atoms with Gasteiger partial charge in [0.15, 0.2) is 6.23 Å². The summed E-state index contributed by atoms with van der Waals surface area (Å²) in [6.07, 6.45) is 3.32. The van der Waals surface area contributed by atoms with E-state index in [2.05, 4.69) is 0 Å². The van der Waals surface area contributed by atoms with Crippen molar-refractivity contribution in [2.45, 2.75) is 31.9 Å². The van der Waals surface area contributed by atoms with E-state index in [1.807, 2.05) is 0 Å². The van der Waals surface area contributed by atoms with Gasteiger partial charge >= 0.3 is 0 Å². The first-order valence-corrected chi connectivity index (χ1v) is 4.39. The van der Waals surface area contributed by atoms with Gasteiger partial charge in [0.1, 0.15) is 0 Å². The summed E-state index contributed by atoms with van der Waals surface area (Å²) in [7, 11) is 1.66. The minimum absolute atomic E-state index is 0.0252. The number of carbonyl (C=O) groups is 1. The Bertz CT molecular complexity index is 257. The predicted octanol–water partition coefficient (Wildman–Crippen LogP) is 0.647. The van der Waals surface area contributed by atoms with Gasteiger partial charge in [0.05, 0.1) is 0 Å². The van der Waals surface area contributed by atoms with E-state index in [1.54, 1.807) is 7.05 Å². The Labute approximate surface area is 71.7 Å². The predicted molar refractivity (Wildman–Crippen MR) is 44.3 cm³/mol. The van der Waals surface area contributed by atoms with Crippen LogP contribution in [-0.2, 0) is 4.79 Å². The van der Waals surface area contributed by atoms with Gasteiger partial charge in [-0.2, -0.15) is 0 Å². The summed E-state index contributed by atoms with van der Waals surface area (Å²) in [5, 5.41) is 9.61. The fraction of sp³-hybridized carbons (Fsp3) is 0.667. The van der Waals surface area contributed by atoms with Crippen molar-refractivity contribution in [3.8, 4) is 0 Å². The van der Waals surface area contributed by atoms with Gasteiger partial charge in [0, 0.05) is 12.6 Å². The molecular formula is C9H13NO2. The van der Waals surface area contributed by atoms with Crippen molar-refractivity contribution in [1.29, 1.82) is 0 Å². The van der Waals surface area contributed by atoms with E-state index < -0.39 is 6.23 Å². The van der Waals surface area contributed by atoms with Crippen molar-refractivity contribution < 1.29 is 9.90 Å². The van der Waals surface area contributed by atoms with Gasteiger partial charge in [-0.25, -0.2) is 0 Å². The van der Waals surface area contributed by atoms with Crippen molar-refractivity contribution in [2.75, 3.05) is 7.05 Å². The number of rotatable bonds is 0. The molecule has 2 aliphatic rings. The summed E-state index contributed by atoms with van der Waals surface area (Å²) in [5.41, 5.74) is 1.84. The molecule has 1 atom stereocenters. The summed E-state index contributed by atoms with van der Waals surface area (Å²) in [6, 6.07) is 0. The molecule has 1 amide bonds. The van der Waals surface area contributed by atoms with Crippen molar-refractivity contribution >= 4 is 5.91 Å². The molecule has 1 heterocycles. The number of amides is 1. The van der Waals surface area contributed by atoms with Gasteiger partial charge in [-0.15, -0.1) is 0 Å². The molecule has 1 aliphatic carbocycles. The van der Waals surface area contributed by atoms with Gasteiger partial charge in [-0.3, -0.25) is 4.79 Å². The number of hydrogen-bond acceptors (Lipinski definition) is 2. The van der Waals surface area contributed by atoms with Crippen LogP contribution in [0.1, 0.15) is 25.7 Å². The molecule has 0 spiro atoms. The zero-order chi connectivity index (χ0) is 8.72. The summed E-state index contributed by atoms with van der Waals surface area (Å²) < 4.78 is 0. The first-order valence-electron chi connectivity index (χ1n) is 4.39. The molecule has 0 aromatic rings. The lowest BCUT2D eigenvalue weighted by Crippen LogP contribution is -2.31. The number of carbonyl (C=O) groups excluding carboxylic acids is 1. The lowest BCUT2D eigenvalue weighted by atomic mass is 9.93. The Morgan fingerprint density at radius 1 is 1.42 bits per heavy atom. The summed E-state index contributed by atoms with van der Waals surface area (Å²) in [5.74, 6) is 0.0252. The van der Waals surface area contributed by atoms with Gasteiger partial charge in [0.25, 0.3) is 5.91 Å². The van der Waals surface area contributed by atoms with E-state index >= 15 is 0 Å². The molecule has 0 aromatic heterocycles. The molecule has 0 saturated heterocycles. The number of aliphatic hydroxyl groups excluding tert-OH is 1. The average molecular weight is 167 g/mol. The maximum atomic E-state index is 11.5. The molecule has 0 bridgehead atoms. The third-order valence-corrected chi connectivity index (χ3v) is 2.77. The van der Waals surface area contributed by atoms with Crippen LogP contribution in [-0.4, -0.2) is 29.2 Å². The molecule has 66 valence electrons. The quantitative estimate of drug-likeness (QED) is 0.575. The van der Waals surface area contributed by atoms with Crippen LogP contribution in [0.15, 0.2) is 11.1 Å². The highest BCUT2D eigenvalue weighted by Gasteiger charge is 2.35. The molecule has 1 N–H and O–H groups in total. The molecule has 1 aliphatic heterocycles. The summed E-state index contributed by atoms with van der Waals surface area (Å²) in [6.45, 7) is 0. The van der Waals surface area contributed by atoms with Crippen LogP contribution in [0.25, 0.3) is 0 Å². The second-order valence-electron chi connectivity index (χ2n) is 3.50. The molecule has 0 aromatic carbocycles. The highest BCUT2D eigenvalue weighted by Crippen LogP contribution is 2.34. The second-order valence-corrected chi connectivity index (χ2v) is 3.50. The maximum Gasteiger partial charge on any atom is 0.251 e. The highest BCUT2D eigenvalue weighted by molar-refractivity contribution is 5.97. The summed E-state index contributed by atoms with van der Waals surface area (Å²) >= 11 is 0. The monoisotopic (exact) mass is 167 g/mol. The Kier molecular flexibility index (Phi) is 1.68. The lowest BCUT2D eigenvalue weighted by Gasteiger charge is -2.17. The van der Waals surface area contributed by atoms with Crippen molar-refractivity contribution in [3.05, 3.63) is 11.1 Å². The second kappa shape index (κ2) is 2.59. The average Bonchev–Trinajstić information content (AvgIpc) is 2.33. The van der Waals surface area contributed by atoms with Gasteiger partial charge < -0.3 is 10.0 Å². The SMILES string of the molecule is CN1C(=O)C2=C(CCCC2)C1O. The van der Waals surface area contributed by atoms with Crippen LogP contribution in [0, 0.1) is 0 Å². The van der Waals surface area contributed by atoms with Gasteiger partial charge in [-0.1, -0.05) is 0 Å². The van der Waals surface area contributed by atoms with Crippen LogP contribution < -0.4 is 0 Å². The first-order chi connectivity index (χ1) is 5.72. The smallest absolute Gasteiger partial charge is 0.251 e. The van der Waals surface area contributed by atoms with E-state index in [4.69, 9.17) is 0 Å². The topological polar surface area (TPSA) is 40.5 Å². The van der Waals surface area contributed by atoms with Crippen LogP contribution >= 0.6 is 0 Å². The van der Waals surface area contributed by atoms with Crippen molar-refractivity contribution in [3.63, 3.8) is 0 Å². The van der Waals surface area contributed by atoms with E-state index in [1.165, 1.54) is 4.90 Å². The Morgan fingerprint density at radius 2 is 2.08 bits per heavy atom. The normalized spacial score (nSPS) is 29.7. The van der Waals surface area contributed by atoms with E-state index in [9.17, 15) is 9.90 Å². The van der Waals surface area contributed by atoms with Crippen molar-refractivity contribution in [1.82, 2.24) is 4.90 Å². The molecule has 3 nitrogen and oxygen atoms in total. The Hall–Kier alpha value is -0.830. The van der Waals surface area contributed by atoms with Crippen LogP contribution in [0.2, 0.25) is 0 Å². The molecule has 0 fully saturated rings. The molecule has 12 heavy (non-hydrogen) atoms. The molecule has 0 saturated carbocycles. The number of likely N-dealkylation sites (N-methyl/N-ethyl adjacent to an activating group) is 1. The molecular weight excluding hydrogens is 154 g/mol. The zero-order valence-electron chi connectivity index (χ0n) is 7.21. The van der Waals surface area contributed by atoms with Crippen LogP contribution in [0.3, 0.4) is 0 Å². The van der Waals surface area contributed by atoms with E-state index in [-0.39, 0.29) is 5.91 Å². The maximum absolute atomic E-state index is 11.5. The minimum Gasteiger partial charge on any atom is -0.369 e. The molecule has 0 radical (unpaired) electrons. The Balaban J connectivity index is 2.35. The number of aliphatic hydroxyl groups is 1. The fourth-order valence-electron chi connectivity index (χ4n) is 2.02. The summed E-state index contributed by atoms with van der Waals surface area (Å²) in [4.78, 5) is 12.9. The molecule has 1 unspecified atom stereocenters. The lowest BCUT2D eigenvalue weighted by molar-refractivity contribution is -0.129. The van der Waals surface area contributed by atoms with Crippen LogP contribution in [0.4, 0.5) is 0 Å². The zero-order valence-corrected chi connectivity index (χ0v) is 7.21. The minimum atomic E-state index is -0.632. The van der Waals surface area contributed by atoms with E-state index in [0.717, 1.165) is 36.8 Å². The highest BCUT2D eigenvalue weighted by atomic mass is 16.3. The first kappa shape index (κ1) is 7.80. The standard InChI is InChI=1S/C9H13NO2/c1-10-8(11)6-4-2-3-5-7(6)9(10)12/h8,11H,2-5H2,1H3. The largest absolute Gasteiger partial charge is 0.369 e. The fourth-order valence-corrected chi connectivity index (χ4v) is 2.02. The molecule has 2 rings (SSSR count). The van der Waals surface area contributed by atoms with Crippen LogP contribution in [0.5, 0.6) is 0 Å². The van der Waals surface area contributed by atoms with Gasteiger partial charge in [-0.05, 0) is 31.3 Å². The number of hydrogen-bond donors (Lipinski definition) is 1. The number of nitrogens with zero attached hydrogens (tertiary/aromatic N) is 1. The third-order valence-electron chi connectivity index (χ3n) is 2.77.